The normalized spacial score (nSPS) is 10.9. The van der Waals surface area contributed by atoms with E-state index in [1.165, 1.54) is 6.33 Å². The Morgan fingerprint density at radius 3 is 2.81 bits per heavy atom. The van der Waals surface area contributed by atoms with E-state index in [0.29, 0.717) is 23.5 Å². The molecule has 0 aliphatic rings. The number of fused-ring (bicyclic) bond motifs is 1. The Bertz CT molecular complexity index is 595. The third-order valence-electron chi connectivity index (χ3n) is 3.20. The van der Waals surface area contributed by atoms with Gasteiger partial charge in [0, 0.05) is 6.54 Å². The Morgan fingerprint density at radius 1 is 1.19 bits per heavy atom. The minimum atomic E-state index is -0.0645. The van der Waals surface area contributed by atoms with Crippen molar-refractivity contribution in [2.45, 2.75) is 32.2 Å². The minimum Gasteiger partial charge on any atom is -0.382 e. The number of rotatable bonds is 8. The van der Waals surface area contributed by atoms with Gasteiger partial charge in [-0.2, -0.15) is 0 Å². The number of imidazole rings is 1. The number of anilines is 1. The molecule has 0 unspecified atom stereocenters. The molecule has 2 heterocycles. The van der Waals surface area contributed by atoms with Crippen LogP contribution in [0.2, 0.25) is 0 Å². The minimum absolute atomic E-state index is 0.0645. The maximum Gasteiger partial charge on any atom is 0.240 e. The molecule has 0 radical (unpaired) electrons. The highest BCUT2D eigenvalue weighted by Gasteiger charge is 2.10. The summed E-state index contributed by atoms with van der Waals surface area (Å²) in [7, 11) is 0. The molecular formula is C13H21N7O. The van der Waals surface area contributed by atoms with Gasteiger partial charge >= 0.3 is 0 Å². The lowest BCUT2D eigenvalue weighted by molar-refractivity contribution is -0.121. The number of nitrogen functional groups attached to an aromatic ring is 1. The van der Waals surface area contributed by atoms with Gasteiger partial charge in [0.15, 0.2) is 11.5 Å². The predicted molar refractivity (Wildman–Crippen MR) is 80.3 cm³/mol. The maximum absolute atomic E-state index is 11.9. The van der Waals surface area contributed by atoms with Gasteiger partial charge in [-0.1, -0.05) is 12.8 Å². The molecule has 0 aliphatic heterocycles. The lowest BCUT2D eigenvalue weighted by Gasteiger charge is -2.06. The van der Waals surface area contributed by atoms with Crippen LogP contribution in [0, 0.1) is 0 Å². The third kappa shape index (κ3) is 4.12. The van der Waals surface area contributed by atoms with Crippen molar-refractivity contribution in [1.29, 1.82) is 0 Å². The monoisotopic (exact) mass is 291 g/mol. The fraction of sp³-hybridized carbons (Fsp3) is 0.538. The molecule has 21 heavy (non-hydrogen) atoms. The molecule has 0 atom stereocenters. The standard InChI is InChI=1S/C13H21N7O/c14-5-3-1-2-4-6-16-10(21)7-20-9-19-11-12(15)17-8-18-13(11)20/h8-9H,1-7,14H2,(H,16,21)(H2,15,17,18). The maximum atomic E-state index is 11.9. The summed E-state index contributed by atoms with van der Waals surface area (Å²) >= 11 is 0. The number of carbonyl (C=O) groups excluding carboxylic acids is 1. The molecule has 114 valence electrons. The van der Waals surface area contributed by atoms with E-state index in [1.54, 1.807) is 10.9 Å². The Morgan fingerprint density at radius 2 is 2.00 bits per heavy atom. The summed E-state index contributed by atoms with van der Waals surface area (Å²) < 4.78 is 1.66. The first-order valence-electron chi connectivity index (χ1n) is 7.10. The smallest absolute Gasteiger partial charge is 0.240 e. The van der Waals surface area contributed by atoms with E-state index >= 15 is 0 Å². The third-order valence-corrected chi connectivity index (χ3v) is 3.20. The molecule has 0 bridgehead atoms. The van der Waals surface area contributed by atoms with Gasteiger partial charge < -0.3 is 21.4 Å². The highest BCUT2D eigenvalue weighted by atomic mass is 16.1. The van der Waals surface area contributed by atoms with Gasteiger partial charge in [0.2, 0.25) is 5.91 Å². The molecule has 0 spiro atoms. The van der Waals surface area contributed by atoms with Crippen LogP contribution in [0.4, 0.5) is 5.82 Å². The van der Waals surface area contributed by atoms with Crippen molar-refractivity contribution in [3.8, 4) is 0 Å². The van der Waals surface area contributed by atoms with Crippen molar-refractivity contribution in [2.24, 2.45) is 5.73 Å². The molecule has 2 aromatic rings. The second-order valence-electron chi connectivity index (χ2n) is 4.86. The van der Waals surface area contributed by atoms with Crippen molar-refractivity contribution < 1.29 is 4.79 Å². The zero-order valence-corrected chi connectivity index (χ0v) is 12.0. The molecule has 5 N–H and O–H groups in total. The summed E-state index contributed by atoms with van der Waals surface area (Å²) in [6.45, 7) is 1.58. The Balaban J connectivity index is 1.81. The molecule has 0 aromatic carbocycles. The molecule has 2 aromatic heterocycles. The molecule has 0 saturated carbocycles. The van der Waals surface area contributed by atoms with Crippen LogP contribution in [0.1, 0.15) is 25.7 Å². The van der Waals surface area contributed by atoms with Crippen LogP contribution < -0.4 is 16.8 Å². The van der Waals surface area contributed by atoms with Crippen LogP contribution in [0.3, 0.4) is 0 Å². The fourth-order valence-electron chi connectivity index (χ4n) is 2.08. The van der Waals surface area contributed by atoms with E-state index in [2.05, 4.69) is 20.3 Å². The first-order valence-corrected chi connectivity index (χ1v) is 7.10. The summed E-state index contributed by atoms with van der Waals surface area (Å²) in [5, 5.41) is 2.88. The van der Waals surface area contributed by atoms with Gasteiger partial charge in [-0.05, 0) is 19.4 Å². The number of nitrogens with two attached hydrogens (primary N) is 2. The van der Waals surface area contributed by atoms with Gasteiger partial charge in [0.1, 0.15) is 18.4 Å². The summed E-state index contributed by atoms with van der Waals surface area (Å²) in [4.78, 5) is 24.0. The van der Waals surface area contributed by atoms with Crippen LogP contribution in [-0.4, -0.2) is 38.5 Å². The quantitative estimate of drug-likeness (QED) is 0.590. The summed E-state index contributed by atoms with van der Waals surface area (Å²) in [6, 6.07) is 0. The first kappa shape index (κ1) is 15.2. The van der Waals surface area contributed by atoms with Crippen LogP contribution in [-0.2, 0) is 11.3 Å². The Labute approximate surface area is 123 Å². The Hall–Kier alpha value is -2.22. The topological polar surface area (TPSA) is 125 Å². The molecule has 0 fully saturated rings. The van der Waals surface area contributed by atoms with Gasteiger partial charge in [-0.3, -0.25) is 4.79 Å². The van der Waals surface area contributed by atoms with Gasteiger partial charge in [0.05, 0.1) is 6.33 Å². The van der Waals surface area contributed by atoms with Crippen molar-refractivity contribution in [1.82, 2.24) is 24.8 Å². The number of hydrogen-bond donors (Lipinski definition) is 3. The second kappa shape index (κ2) is 7.53. The van der Waals surface area contributed by atoms with E-state index in [1.807, 2.05) is 0 Å². The number of hydrogen-bond acceptors (Lipinski definition) is 6. The Kier molecular flexibility index (Phi) is 5.44. The van der Waals surface area contributed by atoms with Gasteiger partial charge in [-0.15, -0.1) is 0 Å². The largest absolute Gasteiger partial charge is 0.382 e. The lowest BCUT2D eigenvalue weighted by Crippen LogP contribution is -2.28. The van der Waals surface area contributed by atoms with Crippen LogP contribution in [0.15, 0.2) is 12.7 Å². The summed E-state index contributed by atoms with van der Waals surface area (Å²) in [5.74, 6) is 0.254. The van der Waals surface area contributed by atoms with E-state index in [0.717, 1.165) is 32.2 Å². The van der Waals surface area contributed by atoms with E-state index in [-0.39, 0.29) is 12.5 Å². The zero-order valence-electron chi connectivity index (χ0n) is 12.0. The SMILES string of the molecule is NCCCCCCNC(=O)Cn1cnc2c(N)ncnc21. The number of carbonyl (C=O) groups is 1. The molecule has 2 rings (SSSR count). The van der Waals surface area contributed by atoms with Gasteiger partial charge in [-0.25, -0.2) is 15.0 Å². The van der Waals surface area contributed by atoms with Crippen LogP contribution in [0.25, 0.3) is 11.2 Å². The summed E-state index contributed by atoms with van der Waals surface area (Å²) in [5.41, 5.74) is 12.2. The van der Waals surface area contributed by atoms with Crippen molar-refractivity contribution in [3.63, 3.8) is 0 Å². The zero-order chi connectivity index (χ0) is 15.1. The van der Waals surface area contributed by atoms with Crippen molar-refractivity contribution in [3.05, 3.63) is 12.7 Å². The number of aromatic nitrogens is 4. The predicted octanol–water partition coefficient (Wildman–Crippen LogP) is 0.0438. The van der Waals surface area contributed by atoms with Crippen LogP contribution >= 0.6 is 0 Å². The number of amides is 1. The van der Waals surface area contributed by atoms with Crippen molar-refractivity contribution >= 4 is 22.9 Å². The average Bonchev–Trinajstić information content (AvgIpc) is 2.87. The fourth-order valence-corrected chi connectivity index (χ4v) is 2.08. The van der Waals surface area contributed by atoms with Crippen molar-refractivity contribution in [2.75, 3.05) is 18.8 Å². The second-order valence-corrected chi connectivity index (χ2v) is 4.86. The van der Waals surface area contributed by atoms with Gasteiger partial charge in [0.25, 0.3) is 0 Å². The average molecular weight is 291 g/mol. The molecular weight excluding hydrogens is 270 g/mol. The number of nitrogens with zero attached hydrogens (tertiary/aromatic N) is 4. The highest BCUT2D eigenvalue weighted by molar-refractivity contribution is 5.83. The number of nitrogens with one attached hydrogen (secondary N) is 1. The molecule has 8 heteroatoms. The van der Waals surface area contributed by atoms with E-state index < -0.39 is 0 Å². The molecule has 0 saturated heterocycles. The van der Waals surface area contributed by atoms with E-state index in [4.69, 9.17) is 11.5 Å². The lowest BCUT2D eigenvalue weighted by atomic mass is 10.2. The number of unbranched alkanes of at least 4 members (excludes halogenated alkanes) is 3. The highest BCUT2D eigenvalue weighted by Crippen LogP contribution is 2.13. The first-order chi connectivity index (χ1) is 10.2. The molecule has 8 nitrogen and oxygen atoms in total. The summed E-state index contributed by atoms with van der Waals surface area (Å²) in [6.07, 6.45) is 7.10. The van der Waals surface area contributed by atoms with E-state index in [9.17, 15) is 4.79 Å². The molecule has 0 aliphatic carbocycles. The van der Waals surface area contributed by atoms with Crippen LogP contribution in [0.5, 0.6) is 0 Å². The molecule has 1 amide bonds.